The summed E-state index contributed by atoms with van der Waals surface area (Å²) in [5, 5.41) is 9.21. The molecule has 0 radical (unpaired) electrons. The van der Waals surface area contributed by atoms with Gasteiger partial charge in [-0.2, -0.15) is 0 Å². The Hall–Kier alpha value is -4.19. The molecule has 0 amide bonds. The van der Waals surface area contributed by atoms with Crippen molar-refractivity contribution >= 4 is 18.1 Å². The number of hydrogen-bond donors (Lipinski definition) is 1. The SMILES string of the molecule is CCc1ccc2c(c1)C=Cc1ccc(-c3ccccc3)cc1C2OCCOc1ccc(CC(OC)C(=O)O)cc1. The summed E-state index contributed by atoms with van der Waals surface area (Å²) < 4.78 is 17.6. The van der Waals surface area contributed by atoms with E-state index in [4.69, 9.17) is 14.2 Å². The minimum Gasteiger partial charge on any atom is -0.491 e. The number of fused-ring (bicyclic) bond motifs is 2. The summed E-state index contributed by atoms with van der Waals surface area (Å²) in [4.78, 5) is 11.2. The van der Waals surface area contributed by atoms with Crippen LogP contribution in [-0.4, -0.2) is 37.5 Å². The van der Waals surface area contributed by atoms with Crippen molar-refractivity contribution in [1.82, 2.24) is 0 Å². The zero-order chi connectivity index (χ0) is 27.9. The Morgan fingerprint density at radius 1 is 0.800 bits per heavy atom. The van der Waals surface area contributed by atoms with Gasteiger partial charge in [0.1, 0.15) is 18.5 Å². The van der Waals surface area contributed by atoms with E-state index in [-0.39, 0.29) is 6.10 Å². The van der Waals surface area contributed by atoms with E-state index in [1.54, 1.807) is 0 Å². The van der Waals surface area contributed by atoms with Crippen LogP contribution in [0.25, 0.3) is 23.3 Å². The Balaban J connectivity index is 1.33. The monoisotopic (exact) mass is 534 g/mol. The molecule has 2 unspecified atom stereocenters. The van der Waals surface area contributed by atoms with Crippen molar-refractivity contribution in [2.75, 3.05) is 20.3 Å². The Bertz CT molecular complexity index is 1470. The lowest BCUT2D eigenvalue weighted by atomic mass is 9.92. The van der Waals surface area contributed by atoms with Gasteiger partial charge in [-0.05, 0) is 69.1 Å². The Kier molecular flexibility index (Phi) is 8.74. The minimum absolute atomic E-state index is 0.234. The maximum absolute atomic E-state index is 11.2. The first kappa shape index (κ1) is 27.4. The Morgan fingerprint density at radius 3 is 2.27 bits per heavy atom. The first-order valence-corrected chi connectivity index (χ1v) is 13.6. The van der Waals surface area contributed by atoms with Gasteiger partial charge in [-0.25, -0.2) is 4.79 Å². The van der Waals surface area contributed by atoms with Gasteiger partial charge in [-0.3, -0.25) is 0 Å². The van der Waals surface area contributed by atoms with Crippen LogP contribution < -0.4 is 4.74 Å². The van der Waals surface area contributed by atoms with E-state index in [9.17, 15) is 9.90 Å². The van der Waals surface area contributed by atoms with E-state index >= 15 is 0 Å². The van der Waals surface area contributed by atoms with Crippen LogP contribution in [0.15, 0.2) is 91.0 Å². The van der Waals surface area contributed by atoms with Gasteiger partial charge in [0.2, 0.25) is 0 Å². The van der Waals surface area contributed by atoms with Crippen molar-refractivity contribution in [3.63, 3.8) is 0 Å². The number of hydrogen-bond acceptors (Lipinski definition) is 4. The molecule has 0 saturated heterocycles. The topological polar surface area (TPSA) is 65.0 Å². The molecule has 0 fully saturated rings. The van der Waals surface area contributed by atoms with Crippen LogP contribution in [0.4, 0.5) is 0 Å². The number of ether oxygens (including phenoxy) is 3. The van der Waals surface area contributed by atoms with Crippen LogP contribution in [0.5, 0.6) is 5.75 Å². The maximum Gasteiger partial charge on any atom is 0.333 e. The molecule has 4 aromatic carbocycles. The number of rotatable bonds is 11. The number of carbonyl (C=O) groups is 1. The fraction of sp³-hybridized carbons (Fsp3) is 0.229. The number of aliphatic carboxylic acids is 1. The van der Waals surface area contributed by atoms with Crippen molar-refractivity contribution in [1.29, 1.82) is 0 Å². The van der Waals surface area contributed by atoms with E-state index in [0.29, 0.717) is 25.4 Å². The summed E-state index contributed by atoms with van der Waals surface area (Å²) in [5.41, 5.74) is 9.10. The van der Waals surface area contributed by atoms with Crippen molar-refractivity contribution in [2.45, 2.75) is 32.0 Å². The quantitative estimate of drug-likeness (QED) is 0.206. The number of benzene rings is 4. The van der Waals surface area contributed by atoms with Crippen molar-refractivity contribution in [3.05, 3.63) is 124 Å². The fourth-order valence-electron chi connectivity index (χ4n) is 5.05. The molecule has 0 heterocycles. The Labute approximate surface area is 235 Å². The molecule has 1 aliphatic carbocycles. The molecular weight excluding hydrogens is 500 g/mol. The lowest BCUT2D eigenvalue weighted by Gasteiger charge is -2.22. The second kappa shape index (κ2) is 12.8. The molecule has 4 aromatic rings. The summed E-state index contributed by atoms with van der Waals surface area (Å²) in [7, 11) is 1.41. The van der Waals surface area contributed by atoms with Crippen LogP contribution in [-0.2, 0) is 27.1 Å². The van der Waals surface area contributed by atoms with Gasteiger partial charge < -0.3 is 19.3 Å². The standard InChI is InChI=1S/C35H34O5/c1-3-24-11-18-31-29(21-24)15-13-27-12-14-28(26-7-5-4-6-8-26)23-32(27)34(31)40-20-19-39-30-16-9-25(10-17-30)22-33(38-2)35(36)37/h4-18,21,23,33-34H,3,19-20,22H2,1-2H3,(H,36,37). The molecule has 0 saturated carbocycles. The average molecular weight is 535 g/mol. The zero-order valence-electron chi connectivity index (χ0n) is 22.9. The Morgan fingerprint density at radius 2 is 1.55 bits per heavy atom. The second-order valence-corrected chi connectivity index (χ2v) is 9.87. The van der Waals surface area contributed by atoms with Gasteiger partial charge in [0.25, 0.3) is 0 Å². The summed E-state index contributed by atoms with van der Waals surface area (Å²) in [6.07, 6.45) is 4.55. The molecule has 5 rings (SSSR count). The van der Waals surface area contributed by atoms with E-state index in [1.807, 2.05) is 30.3 Å². The third-order valence-corrected chi connectivity index (χ3v) is 7.30. The number of carboxylic acid groups (broad SMARTS) is 1. The molecule has 0 bridgehead atoms. The molecule has 1 aliphatic rings. The fourth-order valence-corrected chi connectivity index (χ4v) is 5.05. The van der Waals surface area contributed by atoms with E-state index < -0.39 is 12.1 Å². The van der Waals surface area contributed by atoms with E-state index in [0.717, 1.165) is 34.2 Å². The zero-order valence-corrected chi connectivity index (χ0v) is 22.9. The van der Waals surface area contributed by atoms with Crippen molar-refractivity contribution < 1.29 is 24.1 Å². The van der Waals surface area contributed by atoms with Gasteiger partial charge >= 0.3 is 5.97 Å². The molecule has 0 aromatic heterocycles. The number of carboxylic acids is 1. The highest BCUT2D eigenvalue weighted by Crippen LogP contribution is 2.38. The highest BCUT2D eigenvalue weighted by molar-refractivity contribution is 5.78. The van der Waals surface area contributed by atoms with Gasteiger partial charge in [0.05, 0.1) is 6.61 Å². The second-order valence-electron chi connectivity index (χ2n) is 9.87. The minimum atomic E-state index is -0.973. The highest BCUT2D eigenvalue weighted by atomic mass is 16.5. The molecule has 40 heavy (non-hydrogen) atoms. The molecule has 204 valence electrons. The van der Waals surface area contributed by atoms with Crippen molar-refractivity contribution in [3.8, 4) is 16.9 Å². The third-order valence-electron chi connectivity index (χ3n) is 7.30. The molecule has 5 nitrogen and oxygen atoms in total. The average Bonchev–Trinajstić information content (AvgIpc) is 3.14. The number of aryl methyl sites for hydroxylation is 1. The normalized spacial score (nSPS) is 14.6. The summed E-state index contributed by atoms with van der Waals surface area (Å²) in [6.45, 7) is 2.96. The first-order chi connectivity index (χ1) is 19.6. The predicted molar refractivity (Wildman–Crippen MR) is 158 cm³/mol. The molecular formula is C35H34O5. The summed E-state index contributed by atoms with van der Waals surface area (Å²) >= 11 is 0. The van der Waals surface area contributed by atoms with Gasteiger partial charge in [-0.1, -0.05) is 91.9 Å². The van der Waals surface area contributed by atoms with Crippen LogP contribution in [0.3, 0.4) is 0 Å². The van der Waals surface area contributed by atoms with Crippen molar-refractivity contribution in [2.24, 2.45) is 0 Å². The third kappa shape index (κ3) is 6.33. The number of methoxy groups -OCH3 is 1. The summed E-state index contributed by atoms with van der Waals surface area (Å²) in [5.74, 6) is -0.266. The first-order valence-electron chi connectivity index (χ1n) is 13.6. The molecule has 2 atom stereocenters. The van der Waals surface area contributed by atoms with Crippen LogP contribution in [0.2, 0.25) is 0 Å². The highest BCUT2D eigenvalue weighted by Gasteiger charge is 2.23. The lowest BCUT2D eigenvalue weighted by Crippen LogP contribution is -2.24. The van der Waals surface area contributed by atoms with Gasteiger partial charge in [0.15, 0.2) is 6.10 Å². The molecule has 0 aliphatic heterocycles. The van der Waals surface area contributed by atoms with E-state index in [1.165, 1.54) is 23.8 Å². The predicted octanol–water partition coefficient (Wildman–Crippen LogP) is 7.23. The molecule has 1 N–H and O–H groups in total. The van der Waals surface area contributed by atoms with Gasteiger partial charge in [0, 0.05) is 13.5 Å². The van der Waals surface area contributed by atoms with Crippen LogP contribution in [0, 0.1) is 0 Å². The van der Waals surface area contributed by atoms with Crippen LogP contribution >= 0.6 is 0 Å². The smallest absolute Gasteiger partial charge is 0.333 e. The van der Waals surface area contributed by atoms with Crippen LogP contribution in [0.1, 0.15) is 46.4 Å². The molecule has 5 heteroatoms. The summed E-state index contributed by atoms with van der Waals surface area (Å²) in [6, 6.07) is 31.0. The van der Waals surface area contributed by atoms with E-state index in [2.05, 4.69) is 79.7 Å². The largest absolute Gasteiger partial charge is 0.491 e. The molecule has 0 spiro atoms. The maximum atomic E-state index is 11.2. The van der Waals surface area contributed by atoms with Gasteiger partial charge in [-0.15, -0.1) is 0 Å². The lowest BCUT2D eigenvalue weighted by molar-refractivity contribution is -0.148.